The van der Waals surface area contributed by atoms with Crippen LogP contribution in [0.3, 0.4) is 0 Å². The first-order chi connectivity index (χ1) is 7.13. The van der Waals surface area contributed by atoms with Gasteiger partial charge in [-0.3, -0.25) is 4.79 Å². The Morgan fingerprint density at radius 3 is 3.07 bits per heavy atom. The molecule has 1 aliphatic heterocycles. The molecule has 2 unspecified atom stereocenters. The van der Waals surface area contributed by atoms with E-state index in [1.807, 2.05) is 6.92 Å². The SMILES string of the molecule is CC(NC(=O)CC(N)=NO)C1CCOC1. The minimum Gasteiger partial charge on any atom is -0.409 e. The highest BCUT2D eigenvalue weighted by molar-refractivity contribution is 5.98. The summed E-state index contributed by atoms with van der Waals surface area (Å²) in [5.41, 5.74) is 5.22. The van der Waals surface area contributed by atoms with Crippen molar-refractivity contribution in [2.24, 2.45) is 16.8 Å². The van der Waals surface area contributed by atoms with E-state index in [0.29, 0.717) is 12.5 Å². The quantitative estimate of drug-likeness (QED) is 0.259. The first-order valence-corrected chi connectivity index (χ1v) is 4.97. The lowest BCUT2D eigenvalue weighted by Crippen LogP contribution is -2.39. The van der Waals surface area contributed by atoms with Crippen molar-refractivity contribution in [3.8, 4) is 0 Å². The van der Waals surface area contributed by atoms with Crippen LogP contribution in [0.15, 0.2) is 5.16 Å². The normalized spacial score (nSPS) is 23.8. The van der Waals surface area contributed by atoms with E-state index < -0.39 is 0 Å². The second-order valence-corrected chi connectivity index (χ2v) is 3.75. The molecule has 0 aliphatic carbocycles. The van der Waals surface area contributed by atoms with E-state index in [9.17, 15) is 4.79 Å². The molecule has 15 heavy (non-hydrogen) atoms. The van der Waals surface area contributed by atoms with Gasteiger partial charge in [0.05, 0.1) is 13.0 Å². The molecule has 1 rings (SSSR count). The van der Waals surface area contributed by atoms with Gasteiger partial charge in [0, 0.05) is 18.6 Å². The van der Waals surface area contributed by atoms with Gasteiger partial charge in [0.1, 0.15) is 5.84 Å². The number of carbonyl (C=O) groups is 1. The summed E-state index contributed by atoms with van der Waals surface area (Å²) in [5.74, 6) is 0.0494. The first kappa shape index (κ1) is 11.8. The summed E-state index contributed by atoms with van der Waals surface area (Å²) < 4.78 is 5.22. The Morgan fingerprint density at radius 1 is 1.80 bits per heavy atom. The summed E-state index contributed by atoms with van der Waals surface area (Å²) in [4.78, 5) is 11.4. The molecule has 1 amide bonds. The van der Waals surface area contributed by atoms with Gasteiger partial charge < -0.3 is 21.0 Å². The zero-order valence-corrected chi connectivity index (χ0v) is 8.77. The lowest BCUT2D eigenvalue weighted by atomic mass is 10.0. The van der Waals surface area contributed by atoms with Crippen molar-refractivity contribution in [3.05, 3.63) is 0 Å². The van der Waals surface area contributed by atoms with Crippen LogP contribution in [0.4, 0.5) is 0 Å². The standard InChI is InChI=1S/C9H17N3O3/c1-6(7-2-3-15-5-7)11-9(13)4-8(10)12-14/h6-7,14H,2-5H2,1H3,(H2,10,12)(H,11,13). The second-order valence-electron chi connectivity index (χ2n) is 3.75. The van der Waals surface area contributed by atoms with Crippen LogP contribution >= 0.6 is 0 Å². The molecule has 6 nitrogen and oxygen atoms in total. The third kappa shape index (κ3) is 3.75. The molecule has 1 heterocycles. The minimum atomic E-state index is -0.232. The van der Waals surface area contributed by atoms with E-state index in [1.165, 1.54) is 0 Å². The highest BCUT2D eigenvalue weighted by Crippen LogP contribution is 2.16. The minimum absolute atomic E-state index is 0.0616. The van der Waals surface area contributed by atoms with Crippen LogP contribution in [0, 0.1) is 5.92 Å². The van der Waals surface area contributed by atoms with Gasteiger partial charge >= 0.3 is 0 Å². The van der Waals surface area contributed by atoms with Gasteiger partial charge in [-0.25, -0.2) is 0 Å². The van der Waals surface area contributed by atoms with Gasteiger partial charge in [0.2, 0.25) is 5.91 Å². The number of oxime groups is 1. The Kier molecular flexibility index (Phi) is 4.36. The van der Waals surface area contributed by atoms with E-state index in [-0.39, 0.29) is 24.2 Å². The Balaban J connectivity index is 2.30. The van der Waals surface area contributed by atoms with Gasteiger partial charge in [0.15, 0.2) is 0 Å². The zero-order chi connectivity index (χ0) is 11.3. The average molecular weight is 215 g/mol. The molecule has 86 valence electrons. The van der Waals surface area contributed by atoms with E-state index in [0.717, 1.165) is 13.0 Å². The number of nitrogens with two attached hydrogens (primary N) is 1. The Bertz CT molecular complexity index is 249. The van der Waals surface area contributed by atoms with Gasteiger partial charge in [-0.2, -0.15) is 0 Å². The Hall–Kier alpha value is -1.30. The van der Waals surface area contributed by atoms with E-state index in [4.69, 9.17) is 15.7 Å². The summed E-state index contributed by atoms with van der Waals surface area (Å²) in [7, 11) is 0. The number of hydrogen-bond acceptors (Lipinski definition) is 4. The van der Waals surface area contributed by atoms with Crippen molar-refractivity contribution in [2.75, 3.05) is 13.2 Å². The molecule has 1 fully saturated rings. The van der Waals surface area contributed by atoms with Gasteiger partial charge in [-0.1, -0.05) is 5.16 Å². The number of ether oxygens (including phenoxy) is 1. The number of nitrogens with zero attached hydrogens (tertiary/aromatic N) is 1. The molecule has 0 aromatic rings. The highest BCUT2D eigenvalue weighted by Gasteiger charge is 2.23. The lowest BCUT2D eigenvalue weighted by molar-refractivity contribution is -0.120. The Morgan fingerprint density at radius 2 is 2.53 bits per heavy atom. The topological polar surface area (TPSA) is 96.9 Å². The van der Waals surface area contributed by atoms with Crippen molar-refractivity contribution >= 4 is 11.7 Å². The summed E-state index contributed by atoms with van der Waals surface area (Å²) in [6.45, 7) is 3.37. The van der Waals surface area contributed by atoms with Crippen molar-refractivity contribution < 1.29 is 14.7 Å². The van der Waals surface area contributed by atoms with Gasteiger partial charge in [-0.15, -0.1) is 0 Å². The monoisotopic (exact) mass is 215 g/mol. The molecule has 0 aromatic carbocycles. The Labute approximate surface area is 88.5 Å². The maximum Gasteiger partial charge on any atom is 0.227 e. The van der Waals surface area contributed by atoms with Crippen molar-refractivity contribution in [1.82, 2.24) is 5.32 Å². The fourth-order valence-electron chi connectivity index (χ4n) is 1.57. The molecule has 0 saturated carbocycles. The lowest BCUT2D eigenvalue weighted by Gasteiger charge is -2.18. The molecule has 4 N–H and O–H groups in total. The zero-order valence-electron chi connectivity index (χ0n) is 8.77. The van der Waals surface area contributed by atoms with Crippen LogP contribution in [0.25, 0.3) is 0 Å². The average Bonchev–Trinajstić information content (AvgIpc) is 2.70. The molecular formula is C9H17N3O3. The van der Waals surface area contributed by atoms with E-state index in [1.54, 1.807) is 0 Å². The van der Waals surface area contributed by atoms with Crippen molar-refractivity contribution in [2.45, 2.75) is 25.8 Å². The molecule has 1 aliphatic rings. The summed E-state index contributed by atoms with van der Waals surface area (Å²) in [6, 6.07) is 0.0616. The summed E-state index contributed by atoms with van der Waals surface area (Å²) in [5, 5.41) is 13.8. The molecule has 1 saturated heterocycles. The second kappa shape index (κ2) is 5.55. The fourth-order valence-corrected chi connectivity index (χ4v) is 1.57. The van der Waals surface area contributed by atoms with Crippen LogP contribution in [0.5, 0.6) is 0 Å². The smallest absolute Gasteiger partial charge is 0.227 e. The molecule has 0 aromatic heterocycles. The van der Waals surface area contributed by atoms with Crippen LogP contribution in [-0.4, -0.2) is 36.2 Å². The number of amidine groups is 1. The number of amides is 1. The van der Waals surface area contributed by atoms with E-state index >= 15 is 0 Å². The first-order valence-electron chi connectivity index (χ1n) is 4.97. The number of nitrogens with one attached hydrogen (secondary N) is 1. The summed E-state index contributed by atoms with van der Waals surface area (Å²) >= 11 is 0. The molecule has 0 spiro atoms. The van der Waals surface area contributed by atoms with Crippen LogP contribution in [0.2, 0.25) is 0 Å². The largest absolute Gasteiger partial charge is 0.409 e. The van der Waals surface area contributed by atoms with Crippen LogP contribution in [0.1, 0.15) is 19.8 Å². The van der Waals surface area contributed by atoms with Gasteiger partial charge in [-0.05, 0) is 13.3 Å². The van der Waals surface area contributed by atoms with Crippen LogP contribution in [-0.2, 0) is 9.53 Å². The third-order valence-corrected chi connectivity index (χ3v) is 2.53. The number of hydrogen-bond donors (Lipinski definition) is 3. The third-order valence-electron chi connectivity index (χ3n) is 2.53. The number of rotatable bonds is 4. The predicted octanol–water partition coefficient (Wildman–Crippen LogP) is -0.336. The number of carbonyl (C=O) groups excluding carboxylic acids is 1. The maximum atomic E-state index is 11.4. The van der Waals surface area contributed by atoms with Crippen molar-refractivity contribution in [1.29, 1.82) is 0 Å². The maximum absolute atomic E-state index is 11.4. The van der Waals surface area contributed by atoms with Gasteiger partial charge in [0.25, 0.3) is 0 Å². The molecular weight excluding hydrogens is 198 g/mol. The van der Waals surface area contributed by atoms with Crippen LogP contribution < -0.4 is 11.1 Å². The molecule has 6 heteroatoms. The molecule has 2 atom stereocenters. The van der Waals surface area contributed by atoms with Crippen molar-refractivity contribution in [3.63, 3.8) is 0 Å². The highest BCUT2D eigenvalue weighted by atomic mass is 16.5. The molecule has 0 radical (unpaired) electrons. The van der Waals surface area contributed by atoms with E-state index in [2.05, 4.69) is 10.5 Å². The predicted molar refractivity (Wildman–Crippen MR) is 54.6 cm³/mol. The fraction of sp³-hybridized carbons (Fsp3) is 0.778. The summed E-state index contributed by atoms with van der Waals surface area (Å²) in [6.07, 6.45) is 0.888. The molecule has 0 bridgehead atoms.